The molecule has 1 aliphatic heterocycles. The van der Waals surface area contributed by atoms with Gasteiger partial charge in [0.05, 0.1) is 11.4 Å². The molecule has 4 rings (SSSR count). The molecule has 0 saturated carbocycles. The highest BCUT2D eigenvalue weighted by atomic mass is 19.4. The van der Waals surface area contributed by atoms with E-state index in [4.69, 9.17) is 9.26 Å². The van der Waals surface area contributed by atoms with Crippen LogP contribution in [0.25, 0.3) is 22.1 Å². The van der Waals surface area contributed by atoms with Crippen molar-refractivity contribution in [3.63, 3.8) is 0 Å². The number of fused-ring (bicyclic) bond motifs is 1. The first-order chi connectivity index (χ1) is 14.8. The van der Waals surface area contributed by atoms with Gasteiger partial charge in [-0.15, -0.1) is 13.2 Å². The number of ether oxygens (including phenoxy) is 2. The van der Waals surface area contributed by atoms with Crippen LogP contribution < -0.4 is 9.47 Å². The van der Waals surface area contributed by atoms with Crippen LogP contribution in [0.2, 0.25) is 0 Å². The van der Waals surface area contributed by atoms with Crippen molar-refractivity contribution >= 4 is 16.9 Å². The van der Waals surface area contributed by atoms with Gasteiger partial charge in [-0.2, -0.15) is 0 Å². The number of carbonyl (C=O) groups is 1. The van der Waals surface area contributed by atoms with Gasteiger partial charge in [0.1, 0.15) is 12.4 Å². The molecule has 1 saturated heterocycles. The van der Waals surface area contributed by atoms with Crippen LogP contribution in [0.3, 0.4) is 0 Å². The summed E-state index contributed by atoms with van der Waals surface area (Å²) in [6, 6.07) is 10.9. The second-order valence-corrected chi connectivity index (χ2v) is 7.33. The normalized spacial score (nSPS) is 15.5. The fourth-order valence-electron chi connectivity index (χ4n) is 3.71. The number of nitrogens with zero attached hydrogens (tertiary/aromatic N) is 2. The lowest BCUT2D eigenvalue weighted by atomic mass is 10.0. The predicted octanol–water partition coefficient (Wildman–Crippen LogP) is 5.17. The second-order valence-electron chi connectivity index (χ2n) is 7.33. The lowest BCUT2D eigenvalue weighted by molar-refractivity contribution is -0.274. The fraction of sp³-hybridized carbons (Fsp3) is 0.364. The topological polar surface area (TPSA) is 64.8 Å². The summed E-state index contributed by atoms with van der Waals surface area (Å²) < 4.78 is 52.2. The Bertz CT molecular complexity index is 1060. The highest BCUT2D eigenvalue weighted by Crippen LogP contribution is 2.32. The van der Waals surface area contributed by atoms with Crippen molar-refractivity contribution in [3.8, 4) is 22.8 Å². The Balaban J connectivity index is 1.51. The van der Waals surface area contributed by atoms with Crippen molar-refractivity contribution in [2.45, 2.75) is 38.6 Å². The van der Waals surface area contributed by atoms with Crippen molar-refractivity contribution in [1.82, 2.24) is 10.1 Å². The summed E-state index contributed by atoms with van der Waals surface area (Å²) in [6.45, 7) is 3.04. The van der Waals surface area contributed by atoms with Gasteiger partial charge in [-0.1, -0.05) is 25.1 Å². The number of halogens is 3. The molecule has 0 radical (unpaired) electrons. The largest absolute Gasteiger partial charge is 0.573 e. The van der Waals surface area contributed by atoms with E-state index in [-0.39, 0.29) is 17.7 Å². The number of aromatic nitrogens is 1. The number of hydrogen-bond donors (Lipinski definition) is 0. The average Bonchev–Trinajstić information content (AvgIpc) is 3.34. The third-order valence-electron chi connectivity index (χ3n) is 5.29. The molecule has 1 aliphatic rings. The monoisotopic (exact) mass is 434 g/mol. The summed E-state index contributed by atoms with van der Waals surface area (Å²) in [6.07, 6.45) is -2.54. The molecule has 0 spiro atoms. The molecule has 3 aromatic rings. The summed E-state index contributed by atoms with van der Waals surface area (Å²) in [5.41, 5.74) is 2.00. The third-order valence-corrected chi connectivity index (χ3v) is 5.29. The first-order valence-corrected chi connectivity index (χ1v) is 10.0. The van der Waals surface area contributed by atoms with Crippen LogP contribution in [-0.2, 0) is 4.79 Å². The van der Waals surface area contributed by atoms with Crippen molar-refractivity contribution in [2.75, 3.05) is 13.2 Å². The van der Waals surface area contributed by atoms with E-state index >= 15 is 0 Å². The SMILES string of the molecule is CCC(COc1noc2ccc(-c3ccc(OC(F)(F)F)cc3)cc12)N1CCCC1=O. The average molecular weight is 434 g/mol. The molecule has 9 heteroatoms. The minimum absolute atomic E-state index is 0.0360. The maximum absolute atomic E-state index is 12.3. The van der Waals surface area contributed by atoms with Crippen LogP contribution in [0.15, 0.2) is 47.0 Å². The summed E-state index contributed by atoms with van der Waals surface area (Å²) in [5, 5.41) is 4.64. The molecule has 2 aromatic carbocycles. The zero-order valence-electron chi connectivity index (χ0n) is 16.8. The molecule has 1 amide bonds. The maximum Gasteiger partial charge on any atom is 0.573 e. The maximum atomic E-state index is 12.3. The summed E-state index contributed by atoms with van der Waals surface area (Å²) in [7, 11) is 0. The van der Waals surface area contributed by atoms with Crippen LogP contribution in [0.1, 0.15) is 26.2 Å². The molecule has 1 unspecified atom stereocenters. The van der Waals surface area contributed by atoms with Crippen molar-refractivity contribution in [3.05, 3.63) is 42.5 Å². The van der Waals surface area contributed by atoms with Crippen LogP contribution in [0.4, 0.5) is 13.2 Å². The van der Waals surface area contributed by atoms with Crippen LogP contribution in [0, 0.1) is 0 Å². The minimum atomic E-state index is -4.73. The molecule has 0 bridgehead atoms. The lowest BCUT2D eigenvalue weighted by Gasteiger charge is -2.26. The number of amides is 1. The summed E-state index contributed by atoms with van der Waals surface area (Å²) in [5.74, 6) is 0.174. The van der Waals surface area contributed by atoms with Crippen LogP contribution in [-0.4, -0.2) is 41.5 Å². The molecule has 6 nitrogen and oxygen atoms in total. The molecule has 1 aromatic heterocycles. The predicted molar refractivity (Wildman–Crippen MR) is 107 cm³/mol. The highest BCUT2D eigenvalue weighted by molar-refractivity contribution is 5.87. The molecule has 2 heterocycles. The number of likely N-dealkylation sites (tertiary alicyclic amines) is 1. The van der Waals surface area contributed by atoms with E-state index in [0.717, 1.165) is 24.9 Å². The van der Waals surface area contributed by atoms with Gasteiger partial charge in [-0.3, -0.25) is 4.79 Å². The van der Waals surface area contributed by atoms with Crippen molar-refractivity contribution in [2.24, 2.45) is 0 Å². The summed E-state index contributed by atoms with van der Waals surface area (Å²) >= 11 is 0. The van der Waals surface area contributed by atoms with Gasteiger partial charge >= 0.3 is 6.36 Å². The van der Waals surface area contributed by atoms with Gasteiger partial charge in [0, 0.05) is 13.0 Å². The second kappa shape index (κ2) is 8.49. The van der Waals surface area contributed by atoms with E-state index in [2.05, 4.69) is 9.89 Å². The number of carbonyl (C=O) groups excluding carboxylic acids is 1. The Hall–Kier alpha value is -3.23. The first kappa shape index (κ1) is 21.0. The van der Waals surface area contributed by atoms with E-state index in [1.165, 1.54) is 12.1 Å². The van der Waals surface area contributed by atoms with Gasteiger partial charge in [-0.05, 0) is 53.4 Å². The Kier molecular flexibility index (Phi) is 5.75. The van der Waals surface area contributed by atoms with Gasteiger partial charge in [0.25, 0.3) is 5.88 Å². The van der Waals surface area contributed by atoms with E-state index < -0.39 is 6.36 Å². The summed E-state index contributed by atoms with van der Waals surface area (Å²) in [4.78, 5) is 13.9. The zero-order valence-corrected chi connectivity index (χ0v) is 16.8. The Labute approximate surface area is 176 Å². The Morgan fingerprint density at radius 2 is 1.90 bits per heavy atom. The van der Waals surface area contributed by atoms with E-state index in [9.17, 15) is 18.0 Å². The molecule has 31 heavy (non-hydrogen) atoms. The Morgan fingerprint density at radius 1 is 1.16 bits per heavy atom. The smallest absolute Gasteiger partial charge is 0.473 e. The molecular weight excluding hydrogens is 413 g/mol. The third kappa shape index (κ3) is 4.76. The quantitative estimate of drug-likeness (QED) is 0.513. The fourth-order valence-corrected chi connectivity index (χ4v) is 3.71. The Morgan fingerprint density at radius 3 is 2.55 bits per heavy atom. The lowest BCUT2D eigenvalue weighted by Crippen LogP contribution is -2.39. The van der Waals surface area contributed by atoms with E-state index in [1.54, 1.807) is 24.3 Å². The standard InChI is InChI=1S/C22H21F3N2O4/c1-2-16(27-11-3-4-20(27)28)13-29-21-18-12-15(7-10-19(18)31-26-21)14-5-8-17(9-6-14)30-22(23,24)25/h5-10,12,16H,2-4,11,13H2,1H3. The minimum Gasteiger partial charge on any atom is -0.473 e. The van der Waals surface area contributed by atoms with E-state index in [1.807, 2.05) is 17.9 Å². The molecular formula is C22H21F3N2O4. The molecule has 1 fully saturated rings. The van der Waals surface area contributed by atoms with Gasteiger partial charge in [0.15, 0.2) is 5.58 Å². The zero-order chi connectivity index (χ0) is 22.0. The first-order valence-electron chi connectivity index (χ1n) is 10.0. The van der Waals surface area contributed by atoms with Gasteiger partial charge < -0.3 is 18.9 Å². The number of rotatable bonds is 7. The van der Waals surface area contributed by atoms with Crippen LogP contribution >= 0.6 is 0 Å². The van der Waals surface area contributed by atoms with Gasteiger partial charge in [0.2, 0.25) is 5.91 Å². The highest BCUT2D eigenvalue weighted by Gasteiger charge is 2.31. The molecule has 0 aliphatic carbocycles. The molecule has 0 N–H and O–H groups in total. The van der Waals surface area contributed by atoms with E-state index in [0.29, 0.717) is 35.4 Å². The number of benzene rings is 2. The van der Waals surface area contributed by atoms with Crippen LogP contribution in [0.5, 0.6) is 11.6 Å². The molecule has 164 valence electrons. The number of hydrogen-bond acceptors (Lipinski definition) is 5. The van der Waals surface area contributed by atoms with Gasteiger partial charge in [-0.25, -0.2) is 0 Å². The number of alkyl halides is 3. The van der Waals surface area contributed by atoms with Crippen molar-refractivity contribution < 1.29 is 32.0 Å². The molecule has 1 atom stereocenters. The van der Waals surface area contributed by atoms with Crippen molar-refractivity contribution in [1.29, 1.82) is 0 Å².